The third kappa shape index (κ3) is 5.30. The Bertz CT molecular complexity index is 794. The molecule has 1 amide bonds. The van der Waals surface area contributed by atoms with Gasteiger partial charge in [0.05, 0.1) is 31.9 Å². The molecule has 0 saturated heterocycles. The minimum absolute atomic E-state index is 0.00919. The maximum absolute atomic E-state index is 12.7. The van der Waals surface area contributed by atoms with E-state index in [2.05, 4.69) is 5.32 Å². The van der Waals surface area contributed by atoms with Crippen LogP contribution in [0.5, 0.6) is 17.2 Å². The minimum Gasteiger partial charge on any atom is -0.497 e. The molecule has 152 valence electrons. The number of carbonyl (C=O) groups is 1. The second-order valence-electron chi connectivity index (χ2n) is 6.39. The predicted molar refractivity (Wildman–Crippen MR) is 111 cm³/mol. The number of hydrogen-bond acceptors (Lipinski definition) is 5. The summed E-state index contributed by atoms with van der Waals surface area (Å²) < 4.78 is 16.0. The average Bonchev–Trinajstić information content (AvgIpc) is 2.69. The number of likely N-dealkylation sites (N-methyl/N-ethyl adjacent to an activating group) is 1. The molecule has 1 unspecified atom stereocenters. The third-order valence-electron chi connectivity index (χ3n) is 4.36. The molecule has 0 aliphatic heterocycles. The van der Waals surface area contributed by atoms with Crippen LogP contribution in [0.25, 0.3) is 0 Å². The fraction of sp³-hybridized carbons (Fsp3) is 0.381. The lowest BCUT2D eigenvalue weighted by Crippen LogP contribution is -2.34. The third-order valence-corrected chi connectivity index (χ3v) is 4.64. The first-order valence-electron chi connectivity index (χ1n) is 9.00. The normalized spacial score (nSPS) is 11.8. The number of rotatable bonds is 9. The molecule has 0 aliphatic rings. The number of hydrogen-bond donors (Lipinski definition) is 1. The summed E-state index contributed by atoms with van der Waals surface area (Å²) in [6, 6.07) is 11.0. The molecule has 0 fully saturated rings. The molecule has 0 saturated carbocycles. The minimum atomic E-state index is -0.233. The molecule has 2 rings (SSSR count). The van der Waals surface area contributed by atoms with E-state index in [0.717, 1.165) is 11.3 Å². The topological polar surface area (TPSA) is 60.0 Å². The molecule has 1 atom stereocenters. The van der Waals surface area contributed by atoms with E-state index in [1.807, 2.05) is 50.2 Å². The van der Waals surface area contributed by atoms with Gasteiger partial charge >= 0.3 is 0 Å². The van der Waals surface area contributed by atoms with Gasteiger partial charge in [0, 0.05) is 12.1 Å². The molecule has 6 nitrogen and oxygen atoms in total. The van der Waals surface area contributed by atoms with Crippen molar-refractivity contribution >= 4 is 17.5 Å². The van der Waals surface area contributed by atoms with Gasteiger partial charge in [-0.2, -0.15) is 0 Å². The van der Waals surface area contributed by atoms with Crippen LogP contribution in [0.1, 0.15) is 28.9 Å². The summed E-state index contributed by atoms with van der Waals surface area (Å²) in [6.45, 7) is 2.75. The van der Waals surface area contributed by atoms with E-state index in [0.29, 0.717) is 35.2 Å². The highest BCUT2D eigenvalue weighted by Gasteiger charge is 2.19. The first-order valence-corrected chi connectivity index (χ1v) is 9.37. The lowest BCUT2D eigenvalue weighted by molar-refractivity contribution is 0.0941. The van der Waals surface area contributed by atoms with Crippen molar-refractivity contribution in [3.63, 3.8) is 0 Å². The second-order valence-corrected chi connectivity index (χ2v) is 6.79. The predicted octanol–water partition coefficient (Wildman–Crippen LogP) is 3.79. The Morgan fingerprint density at radius 3 is 2.36 bits per heavy atom. The van der Waals surface area contributed by atoms with Crippen molar-refractivity contribution in [2.45, 2.75) is 13.0 Å². The number of methoxy groups -OCH3 is 2. The van der Waals surface area contributed by atoms with Crippen LogP contribution in [0.15, 0.2) is 36.4 Å². The summed E-state index contributed by atoms with van der Waals surface area (Å²) >= 11 is 6.27. The van der Waals surface area contributed by atoms with E-state index in [4.69, 9.17) is 25.8 Å². The Balaban J connectivity index is 2.15. The number of ether oxygens (including phenoxy) is 3. The van der Waals surface area contributed by atoms with Crippen LogP contribution in [-0.2, 0) is 0 Å². The molecular weight excluding hydrogens is 380 g/mol. The summed E-state index contributed by atoms with van der Waals surface area (Å²) in [5, 5.41) is 3.31. The number of carbonyl (C=O) groups excluding carboxylic acids is 1. The van der Waals surface area contributed by atoms with Gasteiger partial charge in [-0.25, -0.2) is 0 Å². The SMILES string of the molecule is CCOc1c(Cl)cc(C(=O)NCC(c2ccc(OC)cc2)N(C)C)cc1OC. The summed E-state index contributed by atoms with van der Waals surface area (Å²) in [4.78, 5) is 14.7. The van der Waals surface area contributed by atoms with Crippen LogP contribution < -0.4 is 19.5 Å². The van der Waals surface area contributed by atoms with Crippen LogP contribution >= 0.6 is 11.6 Å². The van der Waals surface area contributed by atoms with Gasteiger partial charge in [-0.1, -0.05) is 23.7 Å². The summed E-state index contributed by atoms with van der Waals surface area (Å²) in [7, 11) is 7.09. The second kappa shape index (κ2) is 10.2. The molecule has 28 heavy (non-hydrogen) atoms. The molecule has 0 heterocycles. The Hall–Kier alpha value is -2.44. The van der Waals surface area contributed by atoms with Crippen LogP contribution in [0.2, 0.25) is 5.02 Å². The molecule has 1 N–H and O–H groups in total. The van der Waals surface area contributed by atoms with Gasteiger partial charge in [0.25, 0.3) is 5.91 Å². The van der Waals surface area contributed by atoms with Crippen molar-refractivity contribution < 1.29 is 19.0 Å². The van der Waals surface area contributed by atoms with Gasteiger partial charge in [-0.05, 0) is 50.8 Å². The number of halogens is 1. The van der Waals surface area contributed by atoms with Crippen molar-refractivity contribution in [2.24, 2.45) is 0 Å². The number of nitrogens with zero attached hydrogens (tertiary/aromatic N) is 1. The van der Waals surface area contributed by atoms with Gasteiger partial charge in [-0.3, -0.25) is 4.79 Å². The molecule has 0 spiro atoms. The van der Waals surface area contributed by atoms with E-state index in [-0.39, 0.29) is 11.9 Å². The van der Waals surface area contributed by atoms with Crippen molar-refractivity contribution in [3.05, 3.63) is 52.5 Å². The summed E-state index contributed by atoms with van der Waals surface area (Å²) in [5.74, 6) is 1.43. The zero-order chi connectivity index (χ0) is 20.7. The van der Waals surface area contributed by atoms with Gasteiger partial charge in [-0.15, -0.1) is 0 Å². The van der Waals surface area contributed by atoms with Crippen LogP contribution in [0, 0.1) is 0 Å². The molecule has 0 aliphatic carbocycles. The largest absolute Gasteiger partial charge is 0.497 e. The van der Waals surface area contributed by atoms with Gasteiger partial charge in [0.2, 0.25) is 0 Å². The van der Waals surface area contributed by atoms with Crippen LogP contribution in [0.4, 0.5) is 0 Å². The quantitative estimate of drug-likeness (QED) is 0.686. The smallest absolute Gasteiger partial charge is 0.251 e. The van der Waals surface area contributed by atoms with Crippen molar-refractivity contribution in [1.29, 1.82) is 0 Å². The van der Waals surface area contributed by atoms with Gasteiger partial charge in [0.15, 0.2) is 11.5 Å². The molecule has 0 radical (unpaired) electrons. The maximum atomic E-state index is 12.7. The van der Waals surface area contributed by atoms with E-state index in [9.17, 15) is 4.79 Å². The van der Waals surface area contributed by atoms with Crippen LogP contribution in [0.3, 0.4) is 0 Å². The Kier molecular flexibility index (Phi) is 7.96. The van der Waals surface area contributed by atoms with Crippen molar-refractivity contribution in [1.82, 2.24) is 10.2 Å². The van der Waals surface area contributed by atoms with Crippen LogP contribution in [-0.4, -0.2) is 52.3 Å². The monoisotopic (exact) mass is 406 g/mol. The first-order chi connectivity index (χ1) is 13.4. The fourth-order valence-corrected chi connectivity index (χ4v) is 3.12. The highest BCUT2D eigenvalue weighted by atomic mass is 35.5. The maximum Gasteiger partial charge on any atom is 0.251 e. The Labute approximate surface area is 171 Å². The Morgan fingerprint density at radius 2 is 1.82 bits per heavy atom. The number of nitrogens with one attached hydrogen (secondary N) is 1. The van der Waals surface area contributed by atoms with Crippen molar-refractivity contribution in [2.75, 3.05) is 41.5 Å². The zero-order valence-electron chi connectivity index (χ0n) is 16.9. The van der Waals surface area contributed by atoms with E-state index in [1.165, 1.54) is 7.11 Å². The molecule has 0 bridgehead atoms. The van der Waals surface area contributed by atoms with E-state index in [1.54, 1.807) is 19.2 Å². The van der Waals surface area contributed by atoms with Gasteiger partial charge < -0.3 is 24.4 Å². The zero-order valence-corrected chi connectivity index (χ0v) is 17.7. The summed E-state index contributed by atoms with van der Waals surface area (Å²) in [5.41, 5.74) is 1.49. The van der Waals surface area contributed by atoms with Crippen molar-refractivity contribution in [3.8, 4) is 17.2 Å². The fourth-order valence-electron chi connectivity index (χ4n) is 2.85. The standard InChI is InChI=1S/C21H27ClN2O4/c1-6-28-20-17(22)11-15(12-19(20)27-5)21(25)23-13-18(24(2)3)14-7-9-16(26-4)10-8-14/h7-12,18H,6,13H2,1-5H3,(H,23,25). The molecule has 2 aromatic rings. The Morgan fingerprint density at radius 1 is 1.14 bits per heavy atom. The van der Waals surface area contributed by atoms with Gasteiger partial charge in [0.1, 0.15) is 5.75 Å². The van der Waals surface area contributed by atoms with E-state index >= 15 is 0 Å². The number of amides is 1. The number of benzene rings is 2. The summed E-state index contributed by atoms with van der Waals surface area (Å²) in [6.07, 6.45) is 0. The molecule has 0 aromatic heterocycles. The average molecular weight is 407 g/mol. The first kappa shape index (κ1) is 21.9. The van der Waals surface area contributed by atoms with E-state index < -0.39 is 0 Å². The highest BCUT2D eigenvalue weighted by molar-refractivity contribution is 6.32. The lowest BCUT2D eigenvalue weighted by atomic mass is 10.1. The lowest BCUT2D eigenvalue weighted by Gasteiger charge is -2.25. The molecule has 7 heteroatoms. The molecular formula is C21H27ClN2O4. The highest BCUT2D eigenvalue weighted by Crippen LogP contribution is 2.36. The molecule has 2 aromatic carbocycles.